The van der Waals surface area contributed by atoms with Crippen molar-refractivity contribution in [1.29, 1.82) is 0 Å². The second kappa shape index (κ2) is 9.04. The molecule has 2 aromatic rings. The minimum absolute atomic E-state index is 0.0595. The van der Waals surface area contributed by atoms with Crippen molar-refractivity contribution in [3.63, 3.8) is 0 Å². The molecule has 1 N–H and O–H groups in total. The van der Waals surface area contributed by atoms with Gasteiger partial charge < -0.3 is 5.32 Å². The van der Waals surface area contributed by atoms with Crippen LogP contribution in [-0.2, 0) is 21.2 Å². The van der Waals surface area contributed by atoms with Gasteiger partial charge in [0.15, 0.2) is 0 Å². The molecule has 0 fully saturated rings. The van der Waals surface area contributed by atoms with E-state index in [1.807, 2.05) is 31.2 Å². The lowest BCUT2D eigenvalue weighted by molar-refractivity contribution is -0.384. The van der Waals surface area contributed by atoms with Crippen LogP contribution >= 0.6 is 0 Å². The Kier molecular flexibility index (Phi) is 6.97. The monoisotopic (exact) mass is 419 g/mol. The average molecular weight is 420 g/mol. The summed E-state index contributed by atoms with van der Waals surface area (Å²) < 4.78 is 25.6. The quantitative estimate of drug-likeness (QED) is 0.522. The number of aryl methyl sites for hydroxylation is 1. The van der Waals surface area contributed by atoms with Crippen LogP contribution in [0.4, 0.5) is 11.4 Å². The summed E-state index contributed by atoms with van der Waals surface area (Å²) in [6, 6.07) is 11.6. The molecule has 2 atom stereocenters. The number of non-ortho nitro benzene ring substituents is 1. The number of nitro groups is 1. The molecule has 0 heterocycles. The Morgan fingerprint density at radius 2 is 1.79 bits per heavy atom. The second-order valence-electron chi connectivity index (χ2n) is 6.84. The third kappa shape index (κ3) is 5.54. The molecule has 0 bridgehead atoms. The van der Waals surface area contributed by atoms with Gasteiger partial charge in [-0.05, 0) is 37.5 Å². The number of nitro benzene ring substituents is 1. The standard InChI is InChI=1S/C20H25N3O5S/c1-5-16-9-11-17(12-10-16)14(2)21-20(24)15(3)22(29(4,27)28)18-7-6-8-19(13-18)23(25)26/h6-15H,5H2,1-4H3,(H,21,24)/t14-,15+/m0/s1. The zero-order valence-corrected chi connectivity index (χ0v) is 17.6. The van der Waals surface area contributed by atoms with Gasteiger partial charge in [-0.25, -0.2) is 8.42 Å². The van der Waals surface area contributed by atoms with Gasteiger partial charge >= 0.3 is 0 Å². The molecular formula is C20H25N3O5S. The zero-order valence-electron chi connectivity index (χ0n) is 16.8. The fraction of sp³-hybridized carbons (Fsp3) is 0.350. The second-order valence-corrected chi connectivity index (χ2v) is 8.70. The van der Waals surface area contributed by atoms with Crippen molar-refractivity contribution < 1.29 is 18.1 Å². The molecule has 0 unspecified atom stereocenters. The Labute approximate surface area is 170 Å². The zero-order chi connectivity index (χ0) is 21.8. The molecule has 0 aromatic heterocycles. The normalized spacial score (nSPS) is 13.4. The van der Waals surface area contributed by atoms with E-state index in [4.69, 9.17) is 0 Å². The van der Waals surface area contributed by atoms with Gasteiger partial charge in [-0.1, -0.05) is 37.3 Å². The van der Waals surface area contributed by atoms with E-state index < -0.39 is 26.9 Å². The molecule has 156 valence electrons. The lowest BCUT2D eigenvalue weighted by Gasteiger charge is -2.29. The van der Waals surface area contributed by atoms with Gasteiger partial charge in [0.1, 0.15) is 6.04 Å². The first kappa shape index (κ1) is 22.4. The smallest absolute Gasteiger partial charge is 0.271 e. The number of amides is 1. The van der Waals surface area contributed by atoms with Crippen molar-refractivity contribution in [2.24, 2.45) is 0 Å². The van der Waals surface area contributed by atoms with Gasteiger partial charge in [-0.3, -0.25) is 19.2 Å². The molecule has 2 rings (SSSR count). The van der Waals surface area contributed by atoms with E-state index in [2.05, 4.69) is 12.2 Å². The van der Waals surface area contributed by atoms with Gasteiger partial charge in [0.25, 0.3) is 5.69 Å². The van der Waals surface area contributed by atoms with Crippen molar-refractivity contribution in [3.8, 4) is 0 Å². The Morgan fingerprint density at radius 3 is 2.31 bits per heavy atom. The van der Waals surface area contributed by atoms with E-state index in [0.717, 1.165) is 28.6 Å². The summed E-state index contributed by atoms with van der Waals surface area (Å²) in [4.78, 5) is 23.2. The van der Waals surface area contributed by atoms with Crippen LogP contribution in [0.3, 0.4) is 0 Å². The van der Waals surface area contributed by atoms with Crippen LogP contribution < -0.4 is 9.62 Å². The average Bonchev–Trinajstić information content (AvgIpc) is 2.67. The Morgan fingerprint density at radius 1 is 1.17 bits per heavy atom. The van der Waals surface area contributed by atoms with Gasteiger partial charge in [-0.2, -0.15) is 0 Å². The Bertz CT molecular complexity index is 989. The van der Waals surface area contributed by atoms with Crippen LogP contribution in [0.1, 0.15) is 37.9 Å². The van der Waals surface area contributed by atoms with Crippen molar-refractivity contribution in [2.45, 2.75) is 39.3 Å². The molecule has 2 aromatic carbocycles. The van der Waals surface area contributed by atoms with E-state index in [1.165, 1.54) is 30.7 Å². The molecule has 29 heavy (non-hydrogen) atoms. The van der Waals surface area contributed by atoms with E-state index >= 15 is 0 Å². The number of nitrogens with zero attached hydrogens (tertiary/aromatic N) is 2. The molecule has 0 aliphatic rings. The lowest BCUT2D eigenvalue weighted by atomic mass is 10.0. The maximum Gasteiger partial charge on any atom is 0.271 e. The fourth-order valence-electron chi connectivity index (χ4n) is 3.01. The summed E-state index contributed by atoms with van der Waals surface area (Å²) >= 11 is 0. The van der Waals surface area contributed by atoms with Gasteiger partial charge in [0.2, 0.25) is 15.9 Å². The molecule has 9 heteroatoms. The number of hydrogen-bond acceptors (Lipinski definition) is 5. The third-order valence-electron chi connectivity index (χ3n) is 4.63. The summed E-state index contributed by atoms with van der Waals surface area (Å²) in [5, 5.41) is 13.8. The highest BCUT2D eigenvalue weighted by Gasteiger charge is 2.30. The molecule has 0 saturated heterocycles. The third-order valence-corrected chi connectivity index (χ3v) is 5.87. The van der Waals surface area contributed by atoms with Crippen molar-refractivity contribution in [3.05, 3.63) is 69.8 Å². The maximum atomic E-state index is 12.8. The van der Waals surface area contributed by atoms with Gasteiger partial charge in [-0.15, -0.1) is 0 Å². The number of anilines is 1. The SMILES string of the molecule is CCc1ccc([C@H](C)NC(=O)[C@@H](C)N(c2cccc([N+](=O)[O-])c2)S(C)(=O)=O)cc1. The van der Waals surface area contributed by atoms with E-state index in [9.17, 15) is 23.3 Å². The first-order valence-electron chi connectivity index (χ1n) is 9.17. The minimum Gasteiger partial charge on any atom is -0.348 e. The first-order valence-corrected chi connectivity index (χ1v) is 11.0. The first-order chi connectivity index (χ1) is 13.5. The van der Waals surface area contributed by atoms with E-state index in [0.29, 0.717) is 0 Å². The molecule has 0 aliphatic heterocycles. The summed E-state index contributed by atoms with van der Waals surface area (Å²) in [6.45, 7) is 5.31. The van der Waals surface area contributed by atoms with Crippen LogP contribution in [0, 0.1) is 10.1 Å². The molecule has 0 radical (unpaired) electrons. The minimum atomic E-state index is -3.86. The number of nitrogens with one attached hydrogen (secondary N) is 1. The summed E-state index contributed by atoms with van der Waals surface area (Å²) in [5.41, 5.74) is 1.87. The molecule has 8 nitrogen and oxygen atoms in total. The number of benzene rings is 2. The molecule has 0 spiro atoms. The van der Waals surface area contributed by atoms with Gasteiger partial charge in [0, 0.05) is 12.1 Å². The van der Waals surface area contributed by atoms with E-state index in [-0.39, 0.29) is 17.4 Å². The van der Waals surface area contributed by atoms with Crippen molar-refractivity contribution >= 4 is 27.3 Å². The fourth-order valence-corrected chi connectivity index (χ4v) is 4.18. The summed E-state index contributed by atoms with van der Waals surface area (Å²) in [6.07, 6.45) is 1.87. The predicted molar refractivity (Wildman–Crippen MR) is 112 cm³/mol. The lowest BCUT2D eigenvalue weighted by Crippen LogP contribution is -2.48. The largest absolute Gasteiger partial charge is 0.348 e. The number of hydrogen-bond donors (Lipinski definition) is 1. The molecule has 0 saturated carbocycles. The van der Waals surface area contributed by atoms with Crippen molar-refractivity contribution in [1.82, 2.24) is 5.32 Å². The summed E-state index contributed by atoms with van der Waals surface area (Å²) in [7, 11) is -3.86. The predicted octanol–water partition coefficient (Wildman–Crippen LogP) is 3.19. The number of sulfonamides is 1. The van der Waals surface area contributed by atoms with Gasteiger partial charge in [0.05, 0.1) is 22.9 Å². The number of rotatable bonds is 8. The van der Waals surface area contributed by atoms with Crippen LogP contribution in [0.15, 0.2) is 48.5 Å². The highest BCUT2D eigenvalue weighted by Crippen LogP contribution is 2.25. The topological polar surface area (TPSA) is 110 Å². The molecular weight excluding hydrogens is 394 g/mol. The van der Waals surface area contributed by atoms with Crippen molar-refractivity contribution in [2.75, 3.05) is 10.6 Å². The highest BCUT2D eigenvalue weighted by atomic mass is 32.2. The Balaban J connectivity index is 2.26. The van der Waals surface area contributed by atoms with Crippen LogP contribution in [0.5, 0.6) is 0 Å². The van der Waals surface area contributed by atoms with Crippen LogP contribution in [-0.4, -0.2) is 31.5 Å². The summed E-state index contributed by atoms with van der Waals surface area (Å²) in [5.74, 6) is -0.506. The van der Waals surface area contributed by atoms with Crippen LogP contribution in [0.25, 0.3) is 0 Å². The number of carbonyl (C=O) groups is 1. The van der Waals surface area contributed by atoms with E-state index in [1.54, 1.807) is 0 Å². The molecule has 0 aliphatic carbocycles. The maximum absolute atomic E-state index is 12.8. The molecule has 1 amide bonds. The highest BCUT2D eigenvalue weighted by molar-refractivity contribution is 7.92. The Hall–Kier alpha value is -2.94. The van der Waals surface area contributed by atoms with Crippen LogP contribution in [0.2, 0.25) is 0 Å². The number of carbonyl (C=O) groups excluding carboxylic acids is 1.